The van der Waals surface area contributed by atoms with E-state index in [0.717, 1.165) is 29.0 Å². The number of carboxylic acids is 1. The van der Waals surface area contributed by atoms with Crippen LogP contribution in [-0.2, 0) is 14.8 Å². The molecule has 31 heavy (non-hydrogen) atoms. The fourth-order valence-electron chi connectivity index (χ4n) is 2.05. The fourth-order valence-corrected chi connectivity index (χ4v) is 4.05. The van der Waals surface area contributed by atoms with Crippen molar-refractivity contribution in [1.82, 2.24) is 21.2 Å². The summed E-state index contributed by atoms with van der Waals surface area (Å²) in [5.41, 5.74) is 10.0. The van der Waals surface area contributed by atoms with Crippen LogP contribution in [0.4, 0.5) is 19.9 Å². The highest BCUT2D eigenvalue weighted by atomic mass is 32.2. The molecule has 0 bridgehead atoms. The van der Waals surface area contributed by atoms with Gasteiger partial charge in [-0.05, 0) is 18.2 Å². The number of halogens is 1. The number of carbonyl (C=O) groups excluding carboxylic acids is 2. The molecule has 0 saturated heterocycles. The van der Waals surface area contributed by atoms with E-state index < -0.39 is 50.9 Å². The number of amides is 3. The number of hydrazine groups is 1. The second-order valence-corrected chi connectivity index (χ2v) is 8.19. The molecule has 2 rings (SSSR count). The van der Waals surface area contributed by atoms with Crippen molar-refractivity contribution in [3.8, 4) is 0 Å². The highest BCUT2D eigenvalue weighted by Gasteiger charge is 2.22. The lowest BCUT2D eigenvalue weighted by Gasteiger charge is -2.11. The Morgan fingerprint density at radius 1 is 1.26 bits per heavy atom. The summed E-state index contributed by atoms with van der Waals surface area (Å²) in [4.78, 5) is 37.2. The van der Waals surface area contributed by atoms with Gasteiger partial charge in [0.05, 0.1) is 22.6 Å². The number of aromatic carboxylic acids is 1. The van der Waals surface area contributed by atoms with Crippen molar-refractivity contribution in [3.05, 3.63) is 35.2 Å². The zero-order chi connectivity index (χ0) is 23.0. The van der Waals surface area contributed by atoms with E-state index in [1.54, 1.807) is 0 Å². The van der Waals surface area contributed by atoms with Crippen LogP contribution in [0.1, 0.15) is 10.5 Å². The molecular formula is C15H18FN7O6S2. The Morgan fingerprint density at radius 3 is 2.65 bits per heavy atom. The number of nitrogens with two attached hydrogens (primary N) is 1. The first-order valence-corrected chi connectivity index (χ1v) is 10.8. The molecule has 1 aromatic carbocycles. The lowest BCUT2D eigenvalue weighted by Crippen LogP contribution is -2.47. The van der Waals surface area contributed by atoms with Gasteiger partial charge in [-0.15, -0.1) is 11.3 Å². The molecule has 0 unspecified atom stereocenters. The van der Waals surface area contributed by atoms with Crippen LogP contribution >= 0.6 is 11.3 Å². The molecule has 3 amide bonds. The molecule has 0 aliphatic carbocycles. The van der Waals surface area contributed by atoms with Crippen LogP contribution in [0.3, 0.4) is 0 Å². The van der Waals surface area contributed by atoms with E-state index in [4.69, 9.17) is 10.8 Å². The van der Waals surface area contributed by atoms with Crippen LogP contribution in [0.2, 0.25) is 0 Å². The zero-order valence-corrected chi connectivity index (χ0v) is 17.3. The molecule has 8 N–H and O–H groups in total. The summed E-state index contributed by atoms with van der Waals surface area (Å²) >= 11 is 0.748. The molecule has 168 valence electrons. The maximum absolute atomic E-state index is 14.3. The molecule has 0 spiro atoms. The number of carbonyl (C=O) groups is 3. The maximum Gasteiger partial charge on any atom is 0.357 e. The molecule has 2 aromatic rings. The smallest absolute Gasteiger partial charge is 0.357 e. The lowest BCUT2D eigenvalue weighted by atomic mass is 10.3. The molecule has 0 atom stereocenters. The number of rotatable bonds is 10. The number of hydrogen-bond donors (Lipinski definition) is 7. The number of nitrogens with zero attached hydrogens (tertiary/aromatic N) is 1. The van der Waals surface area contributed by atoms with Gasteiger partial charge in [-0.2, -0.15) is 0 Å². The number of anilines is 2. The van der Waals surface area contributed by atoms with Gasteiger partial charge < -0.3 is 21.5 Å². The molecule has 0 aliphatic rings. The van der Waals surface area contributed by atoms with Gasteiger partial charge in [-0.25, -0.2) is 32.8 Å². The first-order valence-electron chi connectivity index (χ1n) is 8.40. The highest BCUT2D eigenvalue weighted by Crippen LogP contribution is 2.25. The molecule has 0 saturated carbocycles. The average molecular weight is 475 g/mol. The van der Waals surface area contributed by atoms with Gasteiger partial charge in [0.1, 0.15) is 10.8 Å². The number of carboxylic acid groups (broad SMARTS) is 1. The molecule has 16 heteroatoms. The van der Waals surface area contributed by atoms with Crippen molar-refractivity contribution in [3.63, 3.8) is 0 Å². The average Bonchev–Trinajstić information content (AvgIpc) is 3.15. The number of aromatic nitrogens is 1. The van der Waals surface area contributed by atoms with E-state index in [1.807, 2.05) is 4.72 Å². The first-order chi connectivity index (χ1) is 14.6. The van der Waals surface area contributed by atoms with Gasteiger partial charge in [0, 0.05) is 13.1 Å². The number of sulfonamides is 1. The monoisotopic (exact) mass is 475 g/mol. The summed E-state index contributed by atoms with van der Waals surface area (Å²) in [6, 6.07) is 2.09. The number of hydrogen-bond acceptors (Lipinski definition) is 9. The van der Waals surface area contributed by atoms with Crippen molar-refractivity contribution in [2.45, 2.75) is 4.90 Å². The van der Waals surface area contributed by atoms with Gasteiger partial charge >= 0.3 is 12.0 Å². The summed E-state index contributed by atoms with van der Waals surface area (Å²) in [7, 11) is -4.31. The third kappa shape index (κ3) is 6.85. The van der Waals surface area contributed by atoms with Crippen LogP contribution in [0.25, 0.3) is 0 Å². The molecule has 0 fully saturated rings. The minimum Gasteiger partial charge on any atom is -0.476 e. The number of nitrogens with one attached hydrogen (secondary N) is 5. The van der Waals surface area contributed by atoms with Crippen LogP contribution in [-0.4, -0.2) is 56.1 Å². The SMILES string of the molecule is NCCNC(=O)NNCC(=O)Nc1ccc(S(=O)(=O)Nc2scnc2C(=O)O)cc1F. The summed E-state index contributed by atoms with van der Waals surface area (Å²) < 4.78 is 41.1. The molecule has 1 aromatic heterocycles. The van der Waals surface area contributed by atoms with Gasteiger partial charge in [0.15, 0.2) is 5.69 Å². The van der Waals surface area contributed by atoms with E-state index >= 15 is 0 Å². The quantitative estimate of drug-likeness (QED) is 0.220. The van der Waals surface area contributed by atoms with Crippen LogP contribution in [0.5, 0.6) is 0 Å². The Morgan fingerprint density at radius 2 is 2.00 bits per heavy atom. The van der Waals surface area contributed by atoms with E-state index in [0.29, 0.717) is 6.07 Å². The minimum absolute atomic E-state index is 0.232. The lowest BCUT2D eigenvalue weighted by molar-refractivity contribution is -0.115. The third-order valence-electron chi connectivity index (χ3n) is 3.40. The van der Waals surface area contributed by atoms with E-state index in [-0.39, 0.29) is 23.8 Å². The summed E-state index contributed by atoms with van der Waals surface area (Å²) in [5, 5.41) is 13.3. The predicted octanol–water partition coefficient (Wildman–Crippen LogP) is -0.518. The minimum atomic E-state index is -4.31. The van der Waals surface area contributed by atoms with Gasteiger partial charge in [-0.1, -0.05) is 0 Å². The maximum atomic E-state index is 14.3. The van der Waals surface area contributed by atoms with Gasteiger partial charge in [0.2, 0.25) is 5.91 Å². The van der Waals surface area contributed by atoms with Crippen LogP contribution in [0, 0.1) is 5.82 Å². The molecule has 0 radical (unpaired) electrons. The molecule has 13 nitrogen and oxygen atoms in total. The van der Waals surface area contributed by atoms with E-state index in [9.17, 15) is 27.2 Å². The second kappa shape index (κ2) is 10.6. The number of benzene rings is 1. The number of thiazole rings is 1. The highest BCUT2D eigenvalue weighted by molar-refractivity contribution is 7.93. The Balaban J connectivity index is 1.99. The largest absolute Gasteiger partial charge is 0.476 e. The van der Waals surface area contributed by atoms with Gasteiger partial charge in [0.25, 0.3) is 10.0 Å². The van der Waals surface area contributed by atoms with Crippen molar-refractivity contribution in [2.75, 3.05) is 29.7 Å². The van der Waals surface area contributed by atoms with Crippen LogP contribution in [0.15, 0.2) is 28.6 Å². The van der Waals surface area contributed by atoms with Gasteiger partial charge in [-0.3, -0.25) is 14.9 Å². The predicted molar refractivity (Wildman–Crippen MR) is 109 cm³/mol. The zero-order valence-electron chi connectivity index (χ0n) is 15.6. The molecule has 0 aliphatic heterocycles. The normalized spacial score (nSPS) is 10.9. The molecular weight excluding hydrogens is 457 g/mol. The van der Waals surface area contributed by atoms with Crippen molar-refractivity contribution >= 4 is 50.0 Å². The summed E-state index contributed by atoms with van der Waals surface area (Å²) in [5.74, 6) is -3.20. The van der Waals surface area contributed by atoms with Crippen LogP contribution < -0.4 is 31.9 Å². The van der Waals surface area contributed by atoms with Crippen molar-refractivity contribution in [1.29, 1.82) is 0 Å². The second-order valence-electron chi connectivity index (χ2n) is 5.65. The first kappa shape index (κ1) is 23.9. The van der Waals surface area contributed by atoms with E-state index in [1.165, 1.54) is 0 Å². The number of urea groups is 1. The Hall–Kier alpha value is -3.34. The Kier molecular flexibility index (Phi) is 8.20. The summed E-state index contributed by atoms with van der Waals surface area (Å²) in [6.07, 6.45) is 0. The Bertz CT molecular complexity index is 1080. The topological polar surface area (TPSA) is 205 Å². The van der Waals surface area contributed by atoms with Crippen molar-refractivity contribution < 1.29 is 32.3 Å². The Labute approximate surface area is 179 Å². The third-order valence-corrected chi connectivity index (χ3v) is 5.62. The fraction of sp³-hybridized carbons (Fsp3) is 0.200. The van der Waals surface area contributed by atoms with E-state index in [2.05, 4.69) is 26.5 Å². The van der Waals surface area contributed by atoms with Crippen molar-refractivity contribution in [2.24, 2.45) is 5.73 Å². The molecule has 1 heterocycles. The summed E-state index contributed by atoms with van der Waals surface area (Å²) in [6.45, 7) is 0.0649. The standard InChI is InChI=1S/C15H18FN7O6S2/c16-9-5-8(31(28,29)23-13-12(14(25)26)19-7-30-13)1-2-10(9)21-11(24)6-20-22-15(27)18-4-3-17/h1-2,5,7,20,23H,3-4,6,17H2,(H,21,24)(H,25,26)(H2,18,22,27).